The lowest BCUT2D eigenvalue weighted by Gasteiger charge is -2.19. The van der Waals surface area contributed by atoms with Crippen LogP contribution in [-0.4, -0.2) is 17.8 Å². The Morgan fingerprint density at radius 2 is 1.82 bits per heavy atom. The van der Waals surface area contributed by atoms with E-state index in [0.717, 1.165) is 29.8 Å². The van der Waals surface area contributed by atoms with Crippen molar-refractivity contribution in [1.82, 2.24) is 5.01 Å². The Morgan fingerprint density at radius 1 is 1.24 bits per heavy atom. The minimum Gasteiger partial charge on any atom is -0.292 e. The number of hydrogen-bond acceptors (Lipinski definition) is 2. The second-order valence-corrected chi connectivity index (χ2v) is 4.25. The summed E-state index contributed by atoms with van der Waals surface area (Å²) in [4.78, 5) is 0. The molecule has 1 atom stereocenters. The summed E-state index contributed by atoms with van der Waals surface area (Å²) in [5.74, 6) is 0. The minimum absolute atomic E-state index is 0.0530. The molecule has 0 N–H and O–H groups in total. The molecule has 2 rings (SSSR count). The van der Waals surface area contributed by atoms with Crippen LogP contribution in [0.1, 0.15) is 30.5 Å². The molecule has 5 heteroatoms. The van der Waals surface area contributed by atoms with E-state index in [0.29, 0.717) is 0 Å². The first-order valence-corrected chi connectivity index (χ1v) is 5.32. The molecule has 1 aromatic carbocycles. The van der Waals surface area contributed by atoms with Crippen molar-refractivity contribution in [3.8, 4) is 0 Å². The summed E-state index contributed by atoms with van der Waals surface area (Å²) in [7, 11) is 1.83. The number of hydrogen-bond donors (Lipinski definition) is 0. The van der Waals surface area contributed by atoms with Gasteiger partial charge < -0.3 is 0 Å². The molecule has 1 heterocycles. The van der Waals surface area contributed by atoms with Crippen molar-refractivity contribution in [1.29, 1.82) is 0 Å². The fourth-order valence-corrected chi connectivity index (χ4v) is 2.02. The quantitative estimate of drug-likeness (QED) is 0.736. The van der Waals surface area contributed by atoms with Crippen LogP contribution in [0.15, 0.2) is 29.4 Å². The molecule has 0 bridgehead atoms. The minimum atomic E-state index is -4.27. The summed E-state index contributed by atoms with van der Waals surface area (Å²) in [6.45, 7) is 1.92. The summed E-state index contributed by atoms with van der Waals surface area (Å²) >= 11 is 0. The first-order valence-electron chi connectivity index (χ1n) is 5.32. The van der Waals surface area contributed by atoms with Crippen LogP contribution in [-0.2, 0) is 6.18 Å². The highest BCUT2D eigenvalue weighted by atomic mass is 19.4. The molecule has 0 aromatic heterocycles. The lowest BCUT2D eigenvalue weighted by atomic mass is 10.0. The molecule has 0 aliphatic carbocycles. The standard InChI is InChI=1S/C12H13F3N2/c1-8-7-11(17(2)16-8)9-3-5-10(6-4-9)12(13,14)15/h3-6,11H,7H2,1-2H3. The Hall–Kier alpha value is -1.52. The highest BCUT2D eigenvalue weighted by molar-refractivity contribution is 5.83. The molecule has 1 aliphatic heterocycles. The van der Waals surface area contributed by atoms with Gasteiger partial charge in [0.05, 0.1) is 11.6 Å². The first kappa shape index (κ1) is 12.0. The van der Waals surface area contributed by atoms with E-state index in [-0.39, 0.29) is 6.04 Å². The molecule has 0 spiro atoms. The number of rotatable bonds is 1. The molecule has 1 unspecified atom stereocenters. The number of halogens is 3. The second-order valence-electron chi connectivity index (χ2n) is 4.25. The van der Waals surface area contributed by atoms with E-state index < -0.39 is 11.7 Å². The molecule has 0 fully saturated rings. The van der Waals surface area contributed by atoms with Crippen LogP contribution in [0.25, 0.3) is 0 Å². The van der Waals surface area contributed by atoms with Crippen LogP contribution in [0, 0.1) is 0 Å². The van der Waals surface area contributed by atoms with Crippen molar-refractivity contribution in [2.75, 3.05) is 7.05 Å². The third kappa shape index (κ3) is 2.43. The van der Waals surface area contributed by atoms with Crippen molar-refractivity contribution in [2.45, 2.75) is 25.6 Å². The molecular formula is C12H13F3N2. The van der Waals surface area contributed by atoms with Crippen LogP contribution in [0.5, 0.6) is 0 Å². The van der Waals surface area contributed by atoms with Gasteiger partial charge in [0.15, 0.2) is 0 Å². The highest BCUT2D eigenvalue weighted by Crippen LogP contribution is 2.33. The van der Waals surface area contributed by atoms with Gasteiger partial charge in [0.25, 0.3) is 0 Å². The van der Waals surface area contributed by atoms with Gasteiger partial charge in [0, 0.05) is 19.2 Å². The van der Waals surface area contributed by atoms with Gasteiger partial charge in [0.2, 0.25) is 0 Å². The summed E-state index contributed by atoms with van der Waals surface area (Å²) in [5.41, 5.74) is 1.25. The molecular weight excluding hydrogens is 229 g/mol. The van der Waals surface area contributed by atoms with Crippen LogP contribution in [0.3, 0.4) is 0 Å². The monoisotopic (exact) mass is 242 g/mol. The molecule has 1 aromatic rings. The number of hydrazone groups is 1. The van der Waals surface area contributed by atoms with E-state index in [1.807, 2.05) is 14.0 Å². The van der Waals surface area contributed by atoms with Gasteiger partial charge in [-0.05, 0) is 24.6 Å². The third-order valence-electron chi connectivity index (χ3n) is 2.89. The summed E-state index contributed by atoms with van der Waals surface area (Å²) in [5, 5.41) is 6.04. The van der Waals surface area contributed by atoms with Crippen LogP contribution >= 0.6 is 0 Å². The fourth-order valence-electron chi connectivity index (χ4n) is 2.02. The lowest BCUT2D eigenvalue weighted by molar-refractivity contribution is -0.137. The fraction of sp³-hybridized carbons (Fsp3) is 0.417. The lowest BCUT2D eigenvalue weighted by Crippen LogP contribution is -2.14. The summed E-state index contributed by atoms with van der Waals surface area (Å²) in [6.07, 6.45) is -3.51. The second kappa shape index (κ2) is 4.05. The van der Waals surface area contributed by atoms with Crippen molar-refractivity contribution < 1.29 is 13.2 Å². The molecule has 2 nitrogen and oxygen atoms in total. The van der Waals surface area contributed by atoms with Crippen LogP contribution < -0.4 is 0 Å². The summed E-state index contributed by atoms with van der Waals surface area (Å²) in [6, 6.07) is 5.35. The third-order valence-corrected chi connectivity index (χ3v) is 2.89. The van der Waals surface area contributed by atoms with Crippen molar-refractivity contribution in [3.05, 3.63) is 35.4 Å². The Balaban J connectivity index is 2.20. The SMILES string of the molecule is CC1=NN(C)C(c2ccc(C(F)(F)F)cc2)C1. The van der Waals surface area contributed by atoms with Crippen molar-refractivity contribution in [3.63, 3.8) is 0 Å². The molecule has 17 heavy (non-hydrogen) atoms. The summed E-state index contributed by atoms with van der Waals surface area (Å²) < 4.78 is 37.2. The van der Waals surface area contributed by atoms with E-state index in [9.17, 15) is 13.2 Å². The molecule has 0 amide bonds. The van der Waals surface area contributed by atoms with E-state index in [1.165, 1.54) is 12.1 Å². The first-order chi connectivity index (χ1) is 7.88. The maximum atomic E-state index is 12.4. The van der Waals surface area contributed by atoms with Crippen molar-refractivity contribution >= 4 is 5.71 Å². The van der Waals surface area contributed by atoms with Gasteiger partial charge in [-0.15, -0.1) is 0 Å². The van der Waals surface area contributed by atoms with Gasteiger partial charge in [0.1, 0.15) is 0 Å². The Morgan fingerprint density at radius 3 is 2.24 bits per heavy atom. The number of nitrogens with zero attached hydrogens (tertiary/aromatic N) is 2. The molecule has 0 radical (unpaired) electrons. The number of alkyl halides is 3. The molecule has 0 saturated carbocycles. The average molecular weight is 242 g/mol. The van der Waals surface area contributed by atoms with E-state index in [1.54, 1.807) is 5.01 Å². The Kier molecular flexibility index (Phi) is 2.85. The van der Waals surface area contributed by atoms with E-state index in [4.69, 9.17) is 0 Å². The van der Waals surface area contributed by atoms with Gasteiger partial charge in [-0.2, -0.15) is 18.3 Å². The Labute approximate surface area is 97.7 Å². The molecule has 1 aliphatic rings. The van der Waals surface area contributed by atoms with Gasteiger partial charge >= 0.3 is 6.18 Å². The maximum Gasteiger partial charge on any atom is 0.416 e. The Bertz CT molecular complexity index is 434. The average Bonchev–Trinajstić information content (AvgIpc) is 2.57. The predicted octanol–water partition coefficient (Wildman–Crippen LogP) is 3.46. The van der Waals surface area contributed by atoms with Gasteiger partial charge in [-0.1, -0.05) is 12.1 Å². The van der Waals surface area contributed by atoms with E-state index >= 15 is 0 Å². The van der Waals surface area contributed by atoms with Crippen LogP contribution in [0.2, 0.25) is 0 Å². The van der Waals surface area contributed by atoms with Crippen molar-refractivity contribution in [2.24, 2.45) is 5.10 Å². The molecule has 0 saturated heterocycles. The zero-order valence-corrected chi connectivity index (χ0v) is 9.62. The zero-order valence-electron chi connectivity index (χ0n) is 9.62. The molecule has 92 valence electrons. The zero-order chi connectivity index (χ0) is 12.6. The normalized spacial score (nSPS) is 20.6. The van der Waals surface area contributed by atoms with Crippen LogP contribution in [0.4, 0.5) is 13.2 Å². The maximum absolute atomic E-state index is 12.4. The highest BCUT2D eigenvalue weighted by Gasteiger charge is 2.31. The van der Waals surface area contributed by atoms with Gasteiger partial charge in [-0.3, -0.25) is 5.01 Å². The van der Waals surface area contributed by atoms with Gasteiger partial charge in [-0.25, -0.2) is 0 Å². The smallest absolute Gasteiger partial charge is 0.292 e. The predicted molar refractivity (Wildman–Crippen MR) is 59.7 cm³/mol. The number of benzene rings is 1. The topological polar surface area (TPSA) is 15.6 Å². The largest absolute Gasteiger partial charge is 0.416 e. The van der Waals surface area contributed by atoms with E-state index in [2.05, 4.69) is 5.10 Å².